The lowest BCUT2D eigenvalue weighted by molar-refractivity contribution is 0.673. The molecule has 0 saturated carbocycles. The molecule has 0 radical (unpaired) electrons. The first-order chi connectivity index (χ1) is 13.6. The number of aryl methyl sites for hydroxylation is 2. The van der Waals surface area contributed by atoms with Crippen molar-refractivity contribution in [3.05, 3.63) is 76.2 Å². The van der Waals surface area contributed by atoms with Gasteiger partial charge in [-0.2, -0.15) is 5.10 Å². The minimum absolute atomic E-state index is 0.0181. The molecule has 28 heavy (non-hydrogen) atoms. The van der Waals surface area contributed by atoms with Crippen molar-refractivity contribution in [2.75, 3.05) is 0 Å². The molecule has 4 aromatic rings. The number of hydrogen-bond donors (Lipinski definition) is 0. The molecule has 3 aromatic heterocycles. The highest BCUT2D eigenvalue weighted by Crippen LogP contribution is 2.32. The van der Waals surface area contributed by atoms with Gasteiger partial charge < -0.3 is 0 Å². The fraction of sp³-hybridized carbons (Fsp3) is 0.190. The van der Waals surface area contributed by atoms with Crippen LogP contribution in [0.15, 0.2) is 64.6 Å². The summed E-state index contributed by atoms with van der Waals surface area (Å²) in [7, 11) is 1.89. The summed E-state index contributed by atoms with van der Waals surface area (Å²) in [5, 5.41) is 7.61. The van der Waals surface area contributed by atoms with Crippen molar-refractivity contribution < 1.29 is 0 Å². The zero-order chi connectivity index (χ0) is 19.7. The number of allylic oxidation sites excluding steroid dienone is 1. The number of thioether (sulfide) groups is 1. The maximum atomic E-state index is 13.3. The molecule has 5 nitrogen and oxygen atoms in total. The molecule has 4 rings (SSSR count). The van der Waals surface area contributed by atoms with Crippen molar-refractivity contribution >= 4 is 33.3 Å². The second kappa shape index (κ2) is 7.77. The lowest BCUT2D eigenvalue weighted by Crippen LogP contribution is -2.22. The van der Waals surface area contributed by atoms with Gasteiger partial charge in [-0.05, 0) is 12.5 Å². The van der Waals surface area contributed by atoms with E-state index in [4.69, 9.17) is 4.98 Å². The molecule has 0 unspecified atom stereocenters. The molecule has 7 heteroatoms. The van der Waals surface area contributed by atoms with Gasteiger partial charge in [-0.3, -0.25) is 14.0 Å². The molecule has 0 atom stereocenters. The summed E-state index contributed by atoms with van der Waals surface area (Å²) in [6.07, 6.45) is 5.55. The average molecular weight is 409 g/mol. The minimum atomic E-state index is -0.0181. The molecule has 3 heterocycles. The molecule has 1 aromatic carbocycles. The lowest BCUT2D eigenvalue weighted by atomic mass is 10.1. The van der Waals surface area contributed by atoms with Crippen molar-refractivity contribution in [2.45, 2.75) is 24.4 Å². The predicted molar refractivity (Wildman–Crippen MR) is 117 cm³/mol. The van der Waals surface area contributed by atoms with E-state index in [1.165, 1.54) is 16.9 Å². The van der Waals surface area contributed by atoms with Crippen LogP contribution in [0.1, 0.15) is 11.1 Å². The molecule has 0 N–H and O–H groups in total. The van der Waals surface area contributed by atoms with Crippen molar-refractivity contribution in [3.8, 4) is 11.1 Å². The molecule has 0 spiro atoms. The van der Waals surface area contributed by atoms with Crippen LogP contribution in [-0.2, 0) is 19.3 Å². The predicted octanol–water partition coefficient (Wildman–Crippen LogP) is 4.65. The van der Waals surface area contributed by atoms with Crippen LogP contribution in [0, 0.1) is 6.92 Å². The minimum Gasteiger partial charge on any atom is -0.283 e. The monoisotopic (exact) mass is 408 g/mol. The maximum Gasteiger partial charge on any atom is 0.263 e. The van der Waals surface area contributed by atoms with Gasteiger partial charge >= 0.3 is 0 Å². The van der Waals surface area contributed by atoms with Crippen LogP contribution >= 0.6 is 23.1 Å². The number of thiophene rings is 1. The second-order valence-electron chi connectivity index (χ2n) is 6.61. The Morgan fingerprint density at radius 2 is 2.07 bits per heavy atom. The highest BCUT2D eigenvalue weighted by atomic mass is 32.2. The number of nitrogens with zero attached hydrogens (tertiary/aromatic N) is 4. The third kappa shape index (κ3) is 3.55. The Kier molecular flexibility index (Phi) is 5.19. The van der Waals surface area contributed by atoms with Gasteiger partial charge in [-0.1, -0.05) is 47.7 Å². The maximum absolute atomic E-state index is 13.3. The van der Waals surface area contributed by atoms with E-state index in [0.717, 1.165) is 21.5 Å². The molecular formula is C21H20N4OS2. The van der Waals surface area contributed by atoms with E-state index in [-0.39, 0.29) is 5.56 Å². The van der Waals surface area contributed by atoms with E-state index < -0.39 is 0 Å². The summed E-state index contributed by atoms with van der Waals surface area (Å²) in [6, 6.07) is 8.23. The molecule has 0 aliphatic heterocycles. The third-order valence-electron chi connectivity index (χ3n) is 4.46. The van der Waals surface area contributed by atoms with E-state index in [2.05, 4.69) is 42.9 Å². The summed E-state index contributed by atoms with van der Waals surface area (Å²) in [5.74, 6) is 0.707. The van der Waals surface area contributed by atoms with Crippen molar-refractivity contribution in [1.29, 1.82) is 0 Å². The van der Waals surface area contributed by atoms with Crippen LogP contribution in [0.25, 0.3) is 21.3 Å². The van der Waals surface area contributed by atoms with Gasteiger partial charge in [0.1, 0.15) is 4.83 Å². The Balaban J connectivity index is 1.79. The van der Waals surface area contributed by atoms with E-state index in [0.29, 0.717) is 22.8 Å². The molecule has 0 aliphatic carbocycles. The van der Waals surface area contributed by atoms with Crippen molar-refractivity contribution in [1.82, 2.24) is 19.3 Å². The van der Waals surface area contributed by atoms with Gasteiger partial charge in [0, 0.05) is 42.0 Å². The fourth-order valence-electron chi connectivity index (χ4n) is 3.05. The smallest absolute Gasteiger partial charge is 0.263 e. The first-order valence-corrected chi connectivity index (χ1v) is 10.7. The Morgan fingerprint density at radius 1 is 1.29 bits per heavy atom. The second-order valence-corrected chi connectivity index (χ2v) is 8.41. The summed E-state index contributed by atoms with van der Waals surface area (Å²) in [4.78, 5) is 18.9. The topological polar surface area (TPSA) is 52.7 Å². The summed E-state index contributed by atoms with van der Waals surface area (Å²) >= 11 is 3.06. The molecule has 0 amide bonds. The van der Waals surface area contributed by atoms with Crippen LogP contribution in [0.2, 0.25) is 0 Å². The number of fused-ring (bicyclic) bond motifs is 1. The highest BCUT2D eigenvalue weighted by molar-refractivity contribution is 7.98. The Morgan fingerprint density at radius 3 is 2.75 bits per heavy atom. The van der Waals surface area contributed by atoms with Crippen molar-refractivity contribution in [3.63, 3.8) is 0 Å². The van der Waals surface area contributed by atoms with Crippen LogP contribution < -0.4 is 5.56 Å². The van der Waals surface area contributed by atoms with Crippen LogP contribution in [-0.4, -0.2) is 19.3 Å². The Hall–Kier alpha value is -2.64. The third-order valence-corrected chi connectivity index (χ3v) is 6.38. The van der Waals surface area contributed by atoms with E-state index in [9.17, 15) is 4.79 Å². The standard InChI is InChI=1S/C21H20N4OS2/c1-4-9-25-20(26)18-17(16-7-5-14(2)6-8-16)13-27-19(18)23-21(25)28-12-15-10-22-24(3)11-15/h4-8,10-11,13H,1,9,12H2,2-3H3. The van der Waals surface area contributed by atoms with Crippen LogP contribution in [0.5, 0.6) is 0 Å². The van der Waals surface area contributed by atoms with E-state index >= 15 is 0 Å². The van der Waals surface area contributed by atoms with Crippen LogP contribution in [0.3, 0.4) is 0 Å². The molecule has 0 aliphatic rings. The summed E-state index contributed by atoms with van der Waals surface area (Å²) in [6.45, 7) is 6.30. The molecule has 0 fully saturated rings. The summed E-state index contributed by atoms with van der Waals surface area (Å²) in [5.41, 5.74) is 4.25. The van der Waals surface area contributed by atoms with Gasteiger partial charge in [-0.25, -0.2) is 4.98 Å². The first-order valence-electron chi connectivity index (χ1n) is 8.87. The number of rotatable bonds is 6. The SMILES string of the molecule is C=CCn1c(SCc2cnn(C)c2)nc2scc(-c3ccc(C)cc3)c2c1=O. The zero-order valence-corrected chi connectivity index (χ0v) is 17.4. The quantitative estimate of drug-likeness (QED) is 0.265. The van der Waals surface area contributed by atoms with Gasteiger partial charge in [0.05, 0.1) is 11.6 Å². The zero-order valence-electron chi connectivity index (χ0n) is 15.8. The molecule has 142 valence electrons. The average Bonchev–Trinajstić information content (AvgIpc) is 3.29. The lowest BCUT2D eigenvalue weighted by Gasteiger charge is -2.10. The Labute approximate surface area is 171 Å². The fourth-order valence-corrected chi connectivity index (χ4v) is 4.96. The Bertz CT molecular complexity index is 1200. The van der Waals surface area contributed by atoms with E-state index in [1.54, 1.807) is 27.1 Å². The first kappa shape index (κ1) is 18.7. The van der Waals surface area contributed by atoms with E-state index in [1.807, 2.05) is 24.8 Å². The highest BCUT2D eigenvalue weighted by Gasteiger charge is 2.17. The molecule has 0 bridgehead atoms. The largest absolute Gasteiger partial charge is 0.283 e. The van der Waals surface area contributed by atoms with Gasteiger partial charge in [0.25, 0.3) is 5.56 Å². The number of benzene rings is 1. The van der Waals surface area contributed by atoms with Crippen molar-refractivity contribution in [2.24, 2.45) is 7.05 Å². The normalized spacial score (nSPS) is 11.2. The van der Waals surface area contributed by atoms with Crippen LogP contribution in [0.4, 0.5) is 0 Å². The van der Waals surface area contributed by atoms with Gasteiger partial charge in [0.15, 0.2) is 5.16 Å². The number of aromatic nitrogens is 4. The summed E-state index contributed by atoms with van der Waals surface area (Å²) < 4.78 is 3.48. The molecule has 0 saturated heterocycles. The molecular weight excluding hydrogens is 388 g/mol. The van der Waals surface area contributed by atoms with Gasteiger partial charge in [0.2, 0.25) is 0 Å². The number of hydrogen-bond acceptors (Lipinski definition) is 5. The van der Waals surface area contributed by atoms with Gasteiger partial charge in [-0.15, -0.1) is 17.9 Å².